The van der Waals surface area contributed by atoms with Crippen molar-refractivity contribution < 1.29 is 10.2 Å². The van der Waals surface area contributed by atoms with Crippen molar-refractivity contribution in [2.75, 3.05) is 0 Å². The molecule has 17 heavy (non-hydrogen) atoms. The summed E-state index contributed by atoms with van der Waals surface area (Å²) in [5, 5.41) is 18.9. The second-order valence-corrected chi connectivity index (χ2v) is 5.10. The molecule has 0 saturated heterocycles. The van der Waals surface area contributed by atoms with Gasteiger partial charge in [0.2, 0.25) is 5.88 Å². The molecule has 0 aliphatic carbocycles. The first-order valence-electron chi connectivity index (χ1n) is 4.83. The number of H-pyrrole nitrogens is 1. The number of rotatable bonds is 2. The van der Waals surface area contributed by atoms with E-state index in [4.69, 9.17) is 12.2 Å². The lowest BCUT2D eigenvalue weighted by Crippen LogP contribution is -1.90. The zero-order valence-electron chi connectivity index (χ0n) is 8.97. The van der Waals surface area contributed by atoms with Crippen molar-refractivity contribution in [1.82, 2.24) is 4.98 Å². The predicted octanol–water partition coefficient (Wildman–Crippen LogP) is 3.36. The van der Waals surface area contributed by atoms with Crippen molar-refractivity contribution >= 4 is 35.0 Å². The van der Waals surface area contributed by atoms with E-state index in [1.165, 1.54) is 11.3 Å². The molecule has 2 rings (SSSR count). The minimum absolute atomic E-state index is 0.0291. The molecule has 0 unspecified atom stereocenters. The van der Waals surface area contributed by atoms with Gasteiger partial charge in [-0.2, -0.15) is 0 Å². The van der Waals surface area contributed by atoms with E-state index in [2.05, 4.69) is 9.98 Å². The fourth-order valence-corrected chi connectivity index (χ4v) is 2.39. The number of nitrogens with one attached hydrogen (secondary N) is 1. The lowest BCUT2D eigenvalue weighted by molar-refractivity contribution is 0.456. The quantitative estimate of drug-likeness (QED) is 0.576. The lowest BCUT2D eigenvalue weighted by atomic mass is 10.3. The van der Waals surface area contributed by atoms with Crippen molar-refractivity contribution in [3.8, 4) is 11.6 Å². The van der Waals surface area contributed by atoms with Gasteiger partial charge in [-0.05, 0) is 31.3 Å². The summed E-state index contributed by atoms with van der Waals surface area (Å²) in [6.07, 6.45) is 0. The topological polar surface area (TPSA) is 68.6 Å². The molecule has 0 aliphatic rings. The molecule has 0 saturated carbocycles. The van der Waals surface area contributed by atoms with Gasteiger partial charge in [-0.3, -0.25) is 4.99 Å². The van der Waals surface area contributed by atoms with Gasteiger partial charge in [-0.25, -0.2) is 0 Å². The summed E-state index contributed by atoms with van der Waals surface area (Å²) in [6, 6.07) is 6.60. The van der Waals surface area contributed by atoms with Gasteiger partial charge >= 0.3 is 0 Å². The number of thiazole rings is 1. The van der Waals surface area contributed by atoms with Crippen LogP contribution in [0.1, 0.15) is 11.8 Å². The SMILES string of the molecule is CC(=Nc1cccc(O)c1)c1sc(=S)[nH]c1O. The normalized spacial score (nSPS) is 11.7. The maximum absolute atomic E-state index is 9.59. The second-order valence-electron chi connectivity index (χ2n) is 3.41. The lowest BCUT2D eigenvalue weighted by Gasteiger charge is -1.99. The van der Waals surface area contributed by atoms with Gasteiger partial charge in [0.15, 0.2) is 3.95 Å². The number of aliphatic imine (C=N–C) groups is 1. The predicted molar refractivity (Wildman–Crippen MR) is 71.1 cm³/mol. The molecule has 0 radical (unpaired) electrons. The molecule has 0 bridgehead atoms. The van der Waals surface area contributed by atoms with Crippen LogP contribution in [-0.4, -0.2) is 20.9 Å². The van der Waals surface area contributed by atoms with Crippen LogP contribution in [0.5, 0.6) is 11.6 Å². The molecule has 4 nitrogen and oxygen atoms in total. The summed E-state index contributed by atoms with van der Waals surface area (Å²) in [5.74, 6) is 0.186. The number of phenolic OH excluding ortho intramolecular Hbond substituents is 1. The van der Waals surface area contributed by atoms with Gasteiger partial charge in [0.25, 0.3) is 0 Å². The Morgan fingerprint density at radius 2 is 2.18 bits per heavy atom. The molecule has 0 aliphatic heterocycles. The third kappa shape index (κ3) is 2.72. The standard InChI is InChI=1S/C11H10N2O2S2/c1-6(9-10(15)13-11(16)17-9)12-7-3-2-4-8(14)5-7/h2-5,14-15H,1H3,(H,13,16). The minimum Gasteiger partial charge on any atom is -0.508 e. The summed E-state index contributed by atoms with van der Waals surface area (Å²) in [6.45, 7) is 1.78. The molecule has 6 heteroatoms. The van der Waals surface area contributed by atoms with Crippen molar-refractivity contribution in [3.05, 3.63) is 33.1 Å². The third-order valence-electron chi connectivity index (χ3n) is 2.09. The fraction of sp³-hybridized carbons (Fsp3) is 0.0909. The Morgan fingerprint density at radius 1 is 1.41 bits per heavy atom. The highest BCUT2D eigenvalue weighted by Gasteiger charge is 2.08. The van der Waals surface area contributed by atoms with E-state index < -0.39 is 0 Å². The van der Waals surface area contributed by atoms with Gasteiger partial charge < -0.3 is 15.2 Å². The molecule has 0 fully saturated rings. The Kier molecular flexibility index (Phi) is 3.26. The number of phenols is 1. The smallest absolute Gasteiger partial charge is 0.209 e. The van der Waals surface area contributed by atoms with Crippen LogP contribution in [0, 0.1) is 3.95 Å². The number of hydrogen-bond donors (Lipinski definition) is 3. The first kappa shape index (κ1) is 11.8. The van der Waals surface area contributed by atoms with Gasteiger partial charge in [-0.1, -0.05) is 17.4 Å². The van der Waals surface area contributed by atoms with E-state index >= 15 is 0 Å². The van der Waals surface area contributed by atoms with Crippen LogP contribution in [-0.2, 0) is 0 Å². The van der Waals surface area contributed by atoms with E-state index in [1.54, 1.807) is 31.2 Å². The summed E-state index contributed by atoms with van der Waals surface area (Å²) in [7, 11) is 0. The Hall–Kier alpha value is -1.66. The first-order valence-corrected chi connectivity index (χ1v) is 6.05. The largest absolute Gasteiger partial charge is 0.508 e. The number of aromatic hydroxyl groups is 2. The highest BCUT2D eigenvalue weighted by atomic mass is 32.1. The van der Waals surface area contributed by atoms with Gasteiger partial charge in [0.05, 0.1) is 11.4 Å². The first-order chi connectivity index (χ1) is 8.06. The Bertz CT molecular complexity index is 628. The van der Waals surface area contributed by atoms with E-state index in [0.29, 0.717) is 20.2 Å². The molecular formula is C11H10N2O2S2. The van der Waals surface area contributed by atoms with E-state index in [9.17, 15) is 10.2 Å². The van der Waals surface area contributed by atoms with Crippen molar-refractivity contribution in [2.45, 2.75) is 6.92 Å². The monoisotopic (exact) mass is 266 g/mol. The van der Waals surface area contributed by atoms with Crippen molar-refractivity contribution in [3.63, 3.8) is 0 Å². The highest BCUT2D eigenvalue weighted by Crippen LogP contribution is 2.25. The average Bonchev–Trinajstić information content (AvgIpc) is 2.58. The molecule has 88 valence electrons. The van der Waals surface area contributed by atoms with Crippen LogP contribution in [0.4, 0.5) is 5.69 Å². The van der Waals surface area contributed by atoms with Crippen LogP contribution in [0.2, 0.25) is 0 Å². The number of nitrogens with zero attached hydrogens (tertiary/aromatic N) is 1. The molecule has 3 N–H and O–H groups in total. The molecule has 1 aromatic heterocycles. The van der Waals surface area contributed by atoms with Crippen molar-refractivity contribution in [1.29, 1.82) is 0 Å². The summed E-state index contributed by atoms with van der Waals surface area (Å²) in [4.78, 5) is 7.56. The Morgan fingerprint density at radius 3 is 2.76 bits per heavy atom. The summed E-state index contributed by atoms with van der Waals surface area (Å²) in [5.41, 5.74) is 1.27. The zero-order chi connectivity index (χ0) is 12.4. The van der Waals surface area contributed by atoms with E-state index in [1.807, 2.05) is 0 Å². The maximum Gasteiger partial charge on any atom is 0.209 e. The summed E-state index contributed by atoms with van der Waals surface area (Å²) < 4.78 is 0.503. The number of aromatic amines is 1. The maximum atomic E-state index is 9.59. The molecule has 1 aromatic carbocycles. The van der Waals surface area contributed by atoms with Crippen LogP contribution < -0.4 is 0 Å². The molecule has 2 aromatic rings. The van der Waals surface area contributed by atoms with Crippen LogP contribution >= 0.6 is 23.6 Å². The summed E-state index contributed by atoms with van der Waals surface area (Å²) >= 11 is 6.19. The van der Waals surface area contributed by atoms with Crippen LogP contribution in [0.3, 0.4) is 0 Å². The number of aromatic nitrogens is 1. The number of benzene rings is 1. The zero-order valence-corrected chi connectivity index (χ0v) is 10.6. The molecular weight excluding hydrogens is 256 g/mol. The van der Waals surface area contributed by atoms with Gasteiger partial charge in [-0.15, -0.1) is 0 Å². The highest BCUT2D eigenvalue weighted by molar-refractivity contribution is 7.73. The average molecular weight is 266 g/mol. The number of hydrogen-bond acceptors (Lipinski definition) is 5. The molecule has 1 heterocycles. The minimum atomic E-state index is 0.0291. The Labute approximate surface area is 107 Å². The Balaban J connectivity index is 2.40. The molecule has 0 spiro atoms. The van der Waals surface area contributed by atoms with E-state index in [-0.39, 0.29) is 11.6 Å². The van der Waals surface area contributed by atoms with Gasteiger partial charge in [0, 0.05) is 6.07 Å². The molecule has 0 atom stereocenters. The molecule has 0 amide bonds. The second kappa shape index (κ2) is 4.68. The van der Waals surface area contributed by atoms with Crippen LogP contribution in [0.25, 0.3) is 0 Å². The van der Waals surface area contributed by atoms with Crippen molar-refractivity contribution in [2.24, 2.45) is 4.99 Å². The third-order valence-corrected chi connectivity index (χ3v) is 3.42. The van der Waals surface area contributed by atoms with Gasteiger partial charge in [0.1, 0.15) is 10.6 Å². The van der Waals surface area contributed by atoms with E-state index in [0.717, 1.165) is 0 Å². The van der Waals surface area contributed by atoms with Crippen LogP contribution in [0.15, 0.2) is 29.3 Å². The fourth-order valence-electron chi connectivity index (χ4n) is 1.37.